The Hall–Kier alpha value is -3.98. The van der Waals surface area contributed by atoms with Crippen molar-refractivity contribution in [2.24, 2.45) is 0 Å². The average Bonchev–Trinajstić information content (AvgIpc) is 3.85. The van der Waals surface area contributed by atoms with Gasteiger partial charge >= 0.3 is 12.3 Å². The van der Waals surface area contributed by atoms with Gasteiger partial charge in [-0.3, -0.25) is 0 Å². The topological polar surface area (TPSA) is 81.8 Å². The number of rotatable bonds is 9. The summed E-state index contributed by atoms with van der Waals surface area (Å²) in [4.78, 5) is 11.1. The molecular weight excluding hydrogens is 547 g/mol. The summed E-state index contributed by atoms with van der Waals surface area (Å²) < 4.78 is 54.9. The molecule has 3 aromatic carbocycles. The maximum absolute atomic E-state index is 13.0. The average molecular weight is 570 g/mol. The first-order valence-electron chi connectivity index (χ1n) is 12.8. The third-order valence-corrected chi connectivity index (χ3v) is 7.59. The lowest BCUT2D eigenvalue weighted by atomic mass is 10.0. The van der Waals surface area contributed by atoms with Crippen LogP contribution in [0.15, 0.2) is 71.3 Å². The summed E-state index contributed by atoms with van der Waals surface area (Å²) in [6, 6.07) is 18.2. The van der Waals surface area contributed by atoms with Crippen LogP contribution in [0.4, 0.5) is 13.2 Å². The van der Waals surface area contributed by atoms with Crippen LogP contribution in [0.5, 0.6) is 11.5 Å². The van der Waals surface area contributed by atoms with Gasteiger partial charge in [0, 0.05) is 16.5 Å². The number of halogens is 4. The van der Waals surface area contributed by atoms with E-state index < -0.39 is 12.3 Å². The van der Waals surface area contributed by atoms with Crippen molar-refractivity contribution in [3.05, 3.63) is 99.8 Å². The summed E-state index contributed by atoms with van der Waals surface area (Å²) in [6.45, 7) is 0.0304. The van der Waals surface area contributed by atoms with Crippen LogP contribution in [-0.2, 0) is 6.61 Å². The molecule has 6 nitrogen and oxygen atoms in total. The van der Waals surface area contributed by atoms with E-state index in [1.54, 1.807) is 24.3 Å². The second-order valence-corrected chi connectivity index (χ2v) is 10.4. The van der Waals surface area contributed by atoms with Crippen molar-refractivity contribution in [1.82, 2.24) is 5.16 Å². The molecule has 0 bridgehead atoms. The Bertz CT molecular complexity index is 1560. The van der Waals surface area contributed by atoms with Gasteiger partial charge in [-0.05, 0) is 78.6 Å². The molecule has 2 atom stereocenters. The van der Waals surface area contributed by atoms with Crippen LogP contribution in [0, 0.1) is 0 Å². The highest BCUT2D eigenvalue weighted by Gasteiger charge is 2.41. The number of benzene rings is 3. The predicted octanol–water partition coefficient (Wildman–Crippen LogP) is 8.32. The Morgan fingerprint density at radius 3 is 2.48 bits per heavy atom. The number of nitrogens with zero attached hydrogens (tertiary/aromatic N) is 1. The summed E-state index contributed by atoms with van der Waals surface area (Å²) in [5, 5.41) is 13.8. The van der Waals surface area contributed by atoms with Crippen molar-refractivity contribution in [3.8, 4) is 22.8 Å². The number of hydrogen-bond acceptors (Lipinski definition) is 5. The maximum atomic E-state index is 13.0. The van der Waals surface area contributed by atoms with Crippen LogP contribution in [0.25, 0.3) is 11.3 Å². The first-order valence-corrected chi connectivity index (χ1v) is 13.1. The third kappa shape index (κ3) is 5.51. The van der Waals surface area contributed by atoms with Crippen molar-refractivity contribution in [1.29, 1.82) is 0 Å². The highest BCUT2D eigenvalue weighted by atomic mass is 35.5. The van der Waals surface area contributed by atoms with Crippen LogP contribution in [0.1, 0.15) is 69.8 Å². The molecule has 206 valence electrons. The zero-order valence-electron chi connectivity index (χ0n) is 21.0. The minimum Gasteiger partial charge on any atom is -0.489 e. The van der Waals surface area contributed by atoms with Crippen LogP contribution in [0.2, 0.25) is 5.02 Å². The van der Waals surface area contributed by atoms with Crippen LogP contribution >= 0.6 is 11.6 Å². The fourth-order valence-electron chi connectivity index (χ4n) is 5.05. The number of ether oxygens (including phenoxy) is 2. The number of carbonyl (C=O) groups is 1. The quantitative estimate of drug-likeness (QED) is 0.218. The van der Waals surface area contributed by atoms with Gasteiger partial charge in [-0.1, -0.05) is 47.1 Å². The first kappa shape index (κ1) is 26.3. The molecule has 1 aromatic heterocycles. The molecular formula is C30H23ClF3NO5. The van der Waals surface area contributed by atoms with Gasteiger partial charge in [0.25, 0.3) is 0 Å². The second kappa shape index (κ2) is 10.2. The lowest BCUT2D eigenvalue weighted by molar-refractivity contribution is -0.274. The normalized spacial score (nSPS) is 18.4. The first-order chi connectivity index (χ1) is 19.2. The molecule has 0 radical (unpaired) electrons. The summed E-state index contributed by atoms with van der Waals surface area (Å²) in [7, 11) is 0. The molecule has 40 heavy (non-hydrogen) atoms. The Balaban J connectivity index is 1.19. The molecule has 0 spiro atoms. The number of para-hydroxylation sites is 1. The Morgan fingerprint density at radius 2 is 1.80 bits per heavy atom. The number of aromatic carboxylic acids is 1. The van der Waals surface area contributed by atoms with Gasteiger partial charge in [-0.2, -0.15) is 0 Å². The predicted molar refractivity (Wildman–Crippen MR) is 140 cm³/mol. The SMILES string of the molecule is O=C(O)c1ccc([C@@H]2C[C@@H]2c2ccc(OCc3c(-c4ccccc4OC(F)(F)F)noc3C3CC3)cc2Cl)cc1. The summed E-state index contributed by atoms with van der Waals surface area (Å²) in [5.74, 6) is 0.410. The number of carboxylic acids is 1. The van der Waals surface area contributed by atoms with Crippen LogP contribution in [-0.4, -0.2) is 22.6 Å². The molecule has 2 fully saturated rings. The largest absolute Gasteiger partial charge is 0.573 e. The molecule has 4 aromatic rings. The number of aromatic nitrogens is 1. The van der Waals surface area contributed by atoms with E-state index in [1.807, 2.05) is 24.3 Å². The van der Waals surface area contributed by atoms with Gasteiger partial charge in [0.05, 0.1) is 11.1 Å². The molecule has 1 heterocycles. The van der Waals surface area contributed by atoms with E-state index in [2.05, 4.69) is 9.89 Å². The monoisotopic (exact) mass is 569 g/mol. The number of alkyl halides is 3. The Morgan fingerprint density at radius 1 is 1.05 bits per heavy atom. The van der Waals surface area contributed by atoms with Gasteiger partial charge < -0.3 is 19.1 Å². The fraction of sp³-hybridized carbons (Fsp3) is 0.267. The zero-order valence-corrected chi connectivity index (χ0v) is 21.7. The third-order valence-electron chi connectivity index (χ3n) is 7.27. The zero-order chi connectivity index (χ0) is 28.0. The van der Waals surface area contributed by atoms with Gasteiger partial charge in [0.2, 0.25) is 0 Å². The highest BCUT2D eigenvalue weighted by Crippen LogP contribution is 2.56. The number of carboxylic acid groups (broad SMARTS) is 1. The maximum Gasteiger partial charge on any atom is 0.573 e. The molecule has 2 aliphatic carbocycles. The smallest absolute Gasteiger partial charge is 0.489 e. The minimum atomic E-state index is -4.85. The lowest BCUT2D eigenvalue weighted by Gasteiger charge is -2.13. The van der Waals surface area contributed by atoms with Crippen LogP contribution < -0.4 is 9.47 Å². The standard InChI is InChI=1S/C30H23ClF3NO5/c31-25-13-19(11-12-20(25)23-14-22(23)16-5-9-18(10-6-16)29(36)37)38-15-24-27(35-40-28(24)17-7-8-17)21-3-1-2-4-26(21)39-30(32,33)34/h1-6,9-13,17,22-23H,7-8,14-15H2,(H,36,37)/t22-,23+/m0/s1. The summed E-state index contributed by atoms with van der Waals surface area (Å²) >= 11 is 6.63. The molecule has 0 amide bonds. The molecule has 6 rings (SSSR count). The van der Waals surface area contributed by atoms with Crippen molar-refractivity contribution in [2.75, 3.05) is 0 Å². The van der Waals surface area contributed by atoms with E-state index in [0.717, 1.165) is 30.4 Å². The van der Waals surface area contributed by atoms with Gasteiger partial charge in [-0.25, -0.2) is 4.79 Å². The van der Waals surface area contributed by atoms with E-state index in [0.29, 0.717) is 22.1 Å². The highest BCUT2D eigenvalue weighted by molar-refractivity contribution is 6.31. The molecule has 0 saturated heterocycles. The lowest BCUT2D eigenvalue weighted by Crippen LogP contribution is -2.17. The van der Waals surface area contributed by atoms with E-state index in [4.69, 9.17) is 26.0 Å². The molecule has 0 unspecified atom stereocenters. The van der Waals surface area contributed by atoms with Crippen molar-refractivity contribution < 1.29 is 37.1 Å². The summed E-state index contributed by atoms with van der Waals surface area (Å²) in [6.07, 6.45) is -2.13. The van der Waals surface area contributed by atoms with Crippen LogP contribution in [0.3, 0.4) is 0 Å². The van der Waals surface area contributed by atoms with Crippen molar-refractivity contribution in [3.63, 3.8) is 0 Å². The van der Waals surface area contributed by atoms with Gasteiger partial charge in [0.1, 0.15) is 29.6 Å². The fourth-order valence-corrected chi connectivity index (χ4v) is 5.36. The summed E-state index contributed by atoms with van der Waals surface area (Å²) in [5.41, 5.74) is 3.28. The molecule has 1 N–H and O–H groups in total. The Kier molecular flexibility index (Phi) is 6.70. The van der Waals surface area contributed by atoms with Crippen molar-refractivity contribution in [2.45, 2.75) is 50.0 Å². The van der Waals surface area contributed by atoms with Crippen molar-refractivity contribution >= 4 is 17.6 Å². The molecule has 0 aliphatic heterocycles. The van der Waals surface area contributed by atoms with E-state index in [1.165, 1.54) is 18.2 Å². The minimum absolute atomic E-state index is 0.0304. The van der Waals surface area contributed by atoms with E-state index >= 15 is 0 Å². The molecule has 10 heteroatoms. The number of hydrogen-bond donors (Lipinski definition) is 1. The molecule has 2 saturated carbocycles. The van der Waals surface area contributed by atoms with Gasteiger partial charge in [-0.15, -0.1) is 13.2 Å². The van der Waals surface area contributed by atoms with E-state index in [-0.39, 0.29) is 46.9 Å². The van der Waals surface area contributed by atoms with Gasteiger partial charge in [0.15, 0.2) is 0 Å². The Labute approximate surface area is 232 Å². The second-order valence-electron chi connectivity index (χ2n) is 10.0. The molecule has 2 aliphatic rings. The van der Waals surface area contributed by atoms with E-state index in [9.17, 15) is 18.0 Å².